The minimum atomic E-state index is 0.435. The third-order valence-electron chi connectivity index (χ3n) is 3.67. The van der Waals surface area contributed by atoms with Gasteiger partial charge in [0.1, 0.15) is 0 Å². The van der Waals surface area contributed by atoms with Crippen LogP contribution in [-0.2, 0) is 19.9 Å². The van der Waals surface area contributed by atoms with Crippen LogP contribution in [0.1, 0.15) is 28.1 Å². The van der Waals surface area contributed by atoms with E-state index in [0.717, 1.165) is 12.1 Å². The van der Waals surface area contributed by atoms with Crippen LogP contribution in [0.15, 0.2) is 30.5 Å². The van der Waals surface area contributed by atoms with E-state index in [-0.39, 0.29) is 0 Å². The van der Waals surface area contributed by atoms with Gasteiger partial charge in [-0.15, -0.1) is 5.10 Å². The highest BCUT2D eigenvalue weighted by molar-refractivity contribution is 9.09. The molecule has 0 saturated heterocycles. The molecule has 1 aliphatic carbocycles. The normalized spacial score (nSPS) is 22.8. The van der Waals surface area contributed by atoms with Gasteiger partial charge in [-0.3, -0.25) is 4.68 Å². The van der Waals surface area contributed by atoms with Crippen LogP contribution in [0.4, 0.5) is 0 Å². The highest BCUT2D eigenvalue weighted by Gasteiger charge is 2.27. The summed E-state index contributed by atoms with van der Waals surface area (Å²) in [5.74, 6) is 0.608. The molecule has 1 aromatic heterocycles. The summed E-state index contributed by atoms with van der Waals surface area (Å²) in [6.45, 7) is 0. The van der Waals surface area contributed by atoms with Gasteiger partial charge in [0.25, 0.3) is 0 Å². The molecule has 2 atom stereocenters. The Morgan fingerprint density at radius 3 is 3.00 bits per heavy atom. The molecule has 3 nitrogen and oxygen atoms in total. The van der Waals surface area contributed by atoms with E-state index in [4.69, 9.17) is 0 Å². The van der Waals surface area contributed by atoms with Gasteiger partial charge in [0.2, 0.25) is 0 Å². The van der Waals surface area contributed by atoms with E-state index in [1.54, 1.807) is 4.68 Å². The topological polar surface area (TPSA) is 30.7 Å². The van der Waals surface area contributed by atoms with Crippen LogP contribution >= 0.6 is 15.9 Å². The lowest BCUT2D eigenvalue weighted by Crippen LogP contribution is -2.19. The number of hydrogen-bond donors (Lipinski definition) is 0. The summed E-state index contributed by atoms with van der Waals surface area (Å²) in [5, 5.41) is 8.20. The summed E-state index contributed by atoms with van der Waals surface area (Å²) in [5.41, 5.74) is 4.01. The lowest BCUT2D eigenvalue weighted by atomic mass is 9.81. The smallest absolute Gasteiger partial charge is 0.0830 e. The number of benzene rings is 1. The monoisotopic (exact) mass is 305 g/mol. The Balaban J connectivity index is 1.80. The van der Waals surface area contributed by atoms with Gasteiger partial charge < -0.3 is 0 Å². The summed E-state index contributed by atoms with van der Waals surface area (Å²) in [7, 11) is 1.91. The Hall–Kier alpha value is -1.16. The maximum Gasteiger partial charge on any atom is 0.0830 e. The average molecular weight is 306 g/mol. The zero-order valence-corrected chi connectivity index (χ0v) is 12.0. The Kier molecular flexibility index (Phi) is 3.20. The molecule has 0 amide bonds. The molecule has 0 N–H and O–H groups in total. The van der Waals surface area contributed by atoms with Gasteiger partial charge in [0.05, 0.1) is 5.69 Å². The van der Waals surface area contributed by atoms with Gasteiger partial charge in [-0.2, -0.15) is 0 Å². The first kappa shape index (κ1) is 11.9. The van der Waals surface area contributed by atoms with Crippen molar-refractivity contribution in [2.24, 2.45) is 13.0 Å². The van der Waals surface area contributed by atoms with E-state index in [2.05, 4.69) is 50.5 Å². The average Bonchev–Trinajstić information content (AvgIpc) is 2.79. The summed E-state index contributed by atoms with van der Waals surface area (Å²) in [4.78, 5) is 0.435. The Morgan fingerprint density at radius 1 is 1.39 bits per heavy atom. The van der Waals surface area contributed by atoms with Crippen molar-refractivity contribution in [3.8, 4) is 0 Å². The van der Waals surface area contributed by atoms with Crippen molar-refractivity contribution < 1.29 is 0 Å². The number of alkyl halides is 1. The van der Waals surface area contributed by atoms with Gasteiger partial charge >= 0.3 is 0 Å². The first-order valence-corrected chi connectivity index (χ1v) is 7.22. The number of nitrogens with zero attached hydrogens (tertiary/aromatic N) is 3. The molecule has 0 aliphatic heterocycles. The van der Waals surface area contributed by atoms with Gasteiger partial charge in [0, 0.05) is 18.1 Å². The van der Waals surface area contributed by atoms with Crippen molar-refractivity contribution in [3.05, 3.63) is 47.3 Å². The molecular weight excluding hydrogens is 290 g/mol. The number of aryl methyl sites for hydroxylation is 2. The lowest BCUT2D eigenvalue weighted by molar-refractivity contribution is 0.448. The molecule has 18 heavy (non-hydrogen) atoms. The summed E-state index contributed by atoms with van der Waals surface area (Å²) < 4.78 is 1.77. The molecule has 94 valence electrons. The molecule has 0 radical (unpaired) electrons. The molecule has 0 fully saturated rings. The van der Waals surface area contributed by atoms with E-state index in [1.165, 1.54) is 24.0 Å². The second kappa shape index (κ2) is 4.84. The van der Waals surface area contributed by atoms with Crippen molar-refractivity contribution in [3.63, 3.8) is 0 Å². The number of halogens is 1. The lowest BCUT2D eigenvalue weighted by Gasteiger charge is -2.29. The predicted molar refractivity (Wildman–Crippen MR) is 74.6 cm³/mol. The number of hydrogen-bond acceptors (Lipinski definition) is 2. The van der Waals surface area contributed by atoms with Gasteiger partial charge in [-0.1, -0.05) is 45.4 Å². The van der Waals surface area contributed by atoms with E-state index in [0.29, 0.717) is 10.7 Å². The van der Waals surface area contributed by atoms with Gasteiger partial charge in [0.15, 0.2) is 0 Å². The zero-order chi connectivity index (χ0) is 12.5. The predicted octanol–water partition coefficient (Wildman–Crippen LogP) is 3.06. The summed E-state index contributed by atoms with van der Waals surface area (Å²) in [6, 6.07) is 8.72. The SMILES string of the molecule is Cn1cc(CC2CCc3ccccc3C2Br)nn1. The van der Waals surface area contributed by atoms with E-state index < -0.39 is 0 Å². The maximum absolute atomic E-state index is 4.19. The Bertz CT molecular complexity index is 549. The number of rotatable bonds is 2. The fourth-order valence-corrected chi connectivity index (χ4v) is 3.63. The number of fused-ring (bicyclic) bond motifs is 1. The maximum atomic E-state index is 4.19. The van der Waals surface area contributed by atoms with Crippen LogP contribution in [0.25, 0.3) is 0 Å². The molecule has 0 spiro atoms. The third-order valence-corrected chi connectivity index (χ3v) is 4.91. The standard InChI is InChI=1S/C14H16BrN3/c1-18-9-12(16-17-18)8-11-7-6-10-4-2-3-5-13(10)14(11)15/h2-5,9,11,14H,6-8H2,1H3. The van der Waals surface area contributed by atoms with Crippen LogP contribution < -0.4 is 0 Å². The molecule has 1 aromatic carbocycles. The third kappa shape index (κ3) is 2.21. The molecule has 0 saturated carbocycles. The molecular formula is C14H16BrN3. The second-order valence-electron chi connectivity index (χ2n) is 4.99. The van der Waals surface area contributed by atoms with Crippen molar-refractivity contribution in [1.29, 1.82) is 0 Å². The molecule has 2 aromatic rings. The van der Waals surface area contributed by atoms with Crippen molar-refractivity contribution in [2.45, 2.75) is 24.1 Å². The van der Waals surface area contributed by atoms with Crippen LogP contribution in [0.2, 0.25) is 0 Å². The van der Waals surface area contributed by atoms with E-state index in [1.807, 2.05) is 13.2 Å². The van der Waals surface area contributed by atoms with Crippen molar-refractivity contribution in [1.82, 2.24) is 15.0 Å². The highest BCUT2D eigenvalue weighted by Crippen LogP contribution is 2.41. The van der Waals surface area contributed by atoms with Crippen LogP contribution in [0, 0.1) is 5.92 Å². The molecule has 1 aliphatic rings. The summed E-state index contributed by atoms with van der Waals surface area (Å²) >= 11 is 3.86. The number of aromatic nitrogens is 3. The molecule has 2 unspecified atom stereocenters. The fraction of sp³-hybridized carbons (Fsp3) is 0.429. The van der Waals surface area contributed by atoms with Gasteiger partial charge in [-0.25, -0.2) is 0 Å². The first-order valence-electron chi connectivity index (χ1n) is 6.31. The minimum Gasteiger partial charge on any atom is -0.255 e. The van der Waals surface area contributed by atoms with E-state index >= 15 is 0 Å². The largest absolute Gasteiger partial charge is 0.255 e. The summed E-state index contributed by atoms with van der Waals surface area (Å²) in [6.07, 6.45) is 5.39. The van der Waals surface area contributed by atoms with Crippen molar-refractivity contribution >= 4 is 15.9 Å². The second-order valence-corrected chi connectivity index (χ2v) is 5.97. The highest BCUT2D eigenvalue weighted by atomic mass is 79.9. The van der Waals surface area contributed by atoms with Crippen LogP contribution in [0.3, 0.4) is 0 Å². The Labute approximate surface area is 115 Å². The van der Waals surface area contributed by atoms with E-state index in [9.17, 15) is 0 Å². The fourth-order valence-electron chi connectivity index (χ4n) is 2.74. The van der Waals surface area contributed by atoms with Crippen LogP contribution in [0.5, 0.6) is 0 Å². The Morgan fingerprint density at radius 2 is 2.22 bits per heavy atom. The zero-order valence-electron chi connectivity index (χ0n) is 10.4. The molecule has 4 heteroatoms. The van der Waals surface area contributed by atoms with Gasteiger partial charge in [-0.05, 0) is 36.3 Å². The first-order chi connectivity index (χ1) is 8.74. The minimum absolute atomic E-state index is 0.435. The molecule has 1 heterocycles. The molecule has 3 rings (SSSR count). The van der Waals surface area contributed by atoms with Crippen LogP contribution in [-0.4, -0.2) is 15.0 Å². The van der Waals surface area contributed by atoms with Crippen molar-refractivity contribution in [2.75, 3.05) is 0 Å². The quantitative estimate of drug-likeness (QED) is 0.798. The molecule has 0 bridgehead atoms.